The van der Waals surface area contributed by atoms with Gasteiger partial charge in [-0.2, -0.15) is 13.1 Å². The van der Waals surface area contributed by atoms with E-state index in [9.17, 15) is 22.8 Å². The highest BCUT2D eigenvalue weighted by Crippen LogP contribution is 2.42. The molecule has 0 atom stereocenters. The molecule has 302 valence electrons. The fourth-order valence-electron chi connectivity index (χ4n) is 6.04. The number of rotatable bonds is 15. The molecule has 0 spiro atoms. The molecule has 0 unspecified atom stereocenters. The van der Waals surface area contributed by atoms with E-state index in [1.54, 1.807) is 37.6 Å². The van der Waals surface area contributed by atoms with Gasteiger partial charge in [-0.15, -0.1) is 11.3 Å². The Labute approximate surface area is 337 Å². The monoisotopic (exact) mass is 816 g/mol. The van der Waals surface area contributed by atoms with E-state index in [2.05, 4.69) is 20.1 Å². The summed E-state index contributed by atoms with van der Waals surface area (Å²) in [6.07, 6.45) is 0.699. The first-order valence-corrected chi connectivity index (χ1v) is 20.7. The fraction of sp³-hybridized carbons (Fsp3) is 0.317. The van der Waals surface area contributed by atoms with Crippen LogP contribution in [0.5, 0.6) is 0 Å². The van der Waals surface area contributed by atoms with Crippen molar-refractivity contribution in [2.24, 2.45) is 4.99 Å². The van der Waals surface area contributed by atoms with E-state index in [0.29, 0.717) is 33.3 Å². The lowest BCUT2D eigenvalue weighted by Crippen LogP contribution is -2.39. The average molecular weight is 817 g/mol. The molecule has 14 nitrogen and oxygen atoms in total. The predicted molar refractivity (Wildman–Crippen MR) is 221 cm³/mol. The molecule has 1 aliphatic rings. The van der Waals surface area contributed by atoms with Crippen LogP contribution in [0, 0.1) is 0 Å². The Morgan fingerprint density at radius 3 is 2.00 bits per heavy atom. The Hall–Kier alpha value is -5.55. The van der Waals surface area contributed by atoms with Gasteiger partial charge in [-0.1, -0.05) is 97.9 Å². The van der Waals surface area contributed by atoms with Crippen LogP contribution in [0.15, 0.2) is 108 Å². The number of hydroxylamine groups is 2. The summed E-state index contributed by atoms with van der Waals surface area (Å²) in [7, 11) is -3.17. The Morgan fingerprint density at radius 2 is 1.47 bits per heavy atom. The van der Waals surface area contributed by atoms with Crippen LogP contribution >= 0.6 is 11.3 Å². The zero-order chi connectivity index (χ0) is 41.1. The van der Waals surface area contributed by atoms with Gasteiger partial charge in [0.2, 0.25) is 0 Å². The van der Waals surface area contributed by atoms with Gasteiger partial charge in [-0.25, -0.2) is 19.4 Å². The van der Waals surface area contributed by atoms with Crippen molar-refractivity contribution in [3.8, 4) is 0 Å². The molecule has 0 saturated heterocycles. The summed E-state index contributed by atoms with van der Waals surface area (Å²) in [5.41, 5.74) is 1.91. The highest BCUT2D eigenvalue weighted by Gasteiger charge is 2.37. The number of thiophene rings is 1. The van der Waals surface area contributed by atoms with Crippen molar-refractivity contribution in [1.82, 2.24) is 19.8 Å². The summed E-state index contributed by atoms with van der Waals surface area (Å²) in [4.78, 5) is 51.1. The van der Waals surface area contributed by atoms with Gasteiger partial charge in [0.25, 0.3) is 5.91 Å². The fourth-order valence-corrected chi connectivity index (χ4v) is 7.88. The van der Waals surface area contributed by atoms with Gasteiger partial charge < -0.3 is 20.1 Å². The van der Waals surface area contributed by atoms with E-state index in [-0.39, 0.29) is 32.7 Å². The van der Waals surface area contributed by atoms with E-state index >= 15 is 0 Å². The maximum Gasteiger partial charge on any atom is 0.421 e. The molecule has 0 fully saturated rings. The summed E-state index contributed by atoms with van der Waals surface area (Å²) < 4.78 is 38.9. The number of fused-ring (bicyclic) bond motifs is 1. The van der Waals surface area contributed by atoms with Crippen molar-refractivity contribution in [2.45, 2.75) is 58.2 Å². The second-order valence-electron chi connectivity index (χ2n) is 13.9. The molecule has 57 heavy (non-hydrogen) atoms. The minimum Gasteiger partial charge on any atom is -0.452 e. The number of amidine groups is 1. The largest absolute Gasteiger partial charge is 0.452 e. The maximum absolute atomic E-state index is 14.5. The molecule has 1 aliphatic heterocycles. The number of amides is 3. The molecule has 0 aliphatic carbocycles. The summed E-state index contributed by atoms with van der Waals surface area (Å²) in [6.45, 7) is 7.44. The van der Waals surface area contributed by atoms with Gasteiger partial charge in [-0.3, -0.25) is 14.6 Å². The van der Waals surface area contributed by atoms with Crippen molar-refractivity contribution < 1.29 is 37.1 Å². The topological polar surface area (TPSA) is 177 Å². The van der Waals surface area contributed by atoms with E-state index < -0.39 is 39.4 Å². The number of aliphatic imine (C=N–C) groups is 1. The lowest BCUT2D eigenvalue weighted by atomic mass is 9.77. The van der Waals surface area contributed by atoms with E-state index in [1.807, 2.05) is 97.9 Å². The van der Waals surface area contributed by atoms with Gasteiger partial charge in [0, 0.05) is 36.5 Å². The number of hydrogen-bond donors (Lipinski definition) is 4. The molecule has 3 amide bonds. The van der Waals surface area contributed by atoms with Gasteiger partial charge in [0.1, 0.15) is 17.0 Å². The van der Waals surface area contributed by atoms with Gasteiger partial charge in [0.15, 0.2) is 0 Å². The first-order chi connectivity index (χ1) is 27.2. The highest BCUT2D eigenvalue weighted by atomic mass is 32.2. The number of alkyl carbamates (subject to hydrolysis) is 1. The van der Waals surface area contributed by atoms with Crippen LogP contribution in [0.25, 0.3) is 6.08 Å². The Bertz CT molecular complexity index is 2070. The number of ether oxygens (including phenoxy) is 2. The highest BCUT2D eigenvalue weighted by molar-refractivity contribution is 7.88. The quantitative estimate of drug-likeness (QED) is 0.0576. The predicted octanol–water partition coefficient (Wildman–Crippen LogP) is 6.72. The minimum absolute atomic E-state index is 0.00471. The molecule has 16 heteroatoms. The molecule has 0 bridgehead atoms. The van der Waals surface area contributed by atoms with Gasteiger partial charge in [-0.05, 0) is 56.0 Å². The van der Waals surface area contributed by atoms with Crippen LogP contribution in [0.1, 0.15) is 67.0 Å². The molecule has 5 rings (SSSR count). The van der Waals surface area contributed by atoms with Gasteiger partial charge >= 0.3 is 22.4 Å². The molecule has 1 aromatic heterocycles. The lowest BCUT2D eigenvalue weighted by Gasteiger charge is -2.33. The van der Waals surface area contributed by atoms with Crippen molar-refractivity contribution >= 4 is 57.2 Å². The number of anilines is 1. The zero-order valence-electron chi connectivity index (χ0n) is 32.5. The summed E-state index contributed by atoms with van der Waals surface area (Å²) >= 11 is 1.26. The smallest absolute Gasteiger partial charge is 0.421 e. The first-order valence-electron chi connectivity index (χ1n) is 18.4. The number of nitrogens with zero attached hydrogens (tertiary/aromatic N) is 2. The third-order valence-corrected chi connectivity index (χ3v) is 10.5. The summed E-state index contributed by atoms with van der Waals surface area (Å²) in [5, 5.41) is 7.42. The summed E-state index contributed by atoms with van der Waals surface area (Å²) in [6, 6.07) is 31.5. The van der Waals surface area contributed by atoms with Crippen molar-refractivity contribution in [3.05, 3.63) is 129 Å². The van der Waals surface area contributed by atoms with Crippen LogP contribution in [-0.2, 0) is 41.4 Å². The SMILES string of the molecule is CCCN(OCCNC(=O)OC(C)(C)C)C(=O)C1=Cc2sc(CNS(=O)(=O)NC(=O)OC)cc2NC(=NC(c2ccccc2)(c2ccccc2)c2ccccc2)C1. The third-order valence-electron chi connectivity index (χ3n) is 8.42. The molecule has 3 aromatic carbocycles. The van der Waals surface area contributed by atoms with Crippen LogP contribution in [0.4, 0.5) is 15.3 Å². The number of benzene rings is 3. The number of methoxy groups -OCH3 is 1. The molecule has 0 saturated carbocycles. The molecular weight excluding hydrogens is 769 g/mol. The Morgan fingerprint density at radius 1 is 0.895 bits per heavy atom. The van der Waals surface area contributed by atoms with Gasteiger partial charge in [0.05, 0.1) is 24.3 Å². The number of carbonyl (C=O) groups is 3. The van der Waals surface area contributed by atoms with E-state index in [0.717, 1.165) is 23.8 Å². The van der Waals surface area contributed by atoms with Crippen LogP contribution in [0.2, 0.25) is 0 Å². The molecule has 0 radical (unpaired) electrons. The third kappa shape index (κ3) is 11.5. The minimum atomic E-state index is -4.23. The van der Waals surface area contributed by atoms with E-state index in [4.69, 9.17) is 14.6 Å². The summed E-state index contributed by atoms with van der Waals surface area (Å²) in [5.74, 6) is 0.0596. The van der Waals surface area contributed by atoms with Crippen LogP contribution in [0.3, 0.4) is 0 Å². The lowest BCUT2D eigenvalue weighted by molar-refractivity contribution is -0.181. The van der Waals surface area contributed by atoms with Crippen LogP contribution < -0.4 is 20.1 Å². The van der Waals surface area contributed by atoms with Crippen molar-refractivity contribution in [3.63, 3.8) is 0 Å². The van der Waals surface area contributed by atoms with E-state index in [1.165, 1.54) is 16.4 Å². The van der Waals surface area contributed by atoms with Crippen LogP contribution in [-0.4, -0.2) is 69.8 Å². The first kappa shape index (κ1) is 42.6. The molecular formula is C41H48N6O8S2. The number of nitrogens with one attached hydrogen (secondary N) is 4. The molecule has 4 aromatic rings. The number of hydrogen-bond acceptors (Lipinski definition) is 10. The maximum atomic E-state index is 14.5. The normalized spacial score (nSPS) is 13.7. The molecule has 2 heterocycles. The molecule has 4 N–H and O–H groups in total. The standard InChI is InChI=1S/C41H48N6O8S2/c1-6-23-47(54-24-22-42-38(49)55-40(2,3)4)37(48)29-25-35-34(27-33(56-35)28-43-57(51,52)46-39(50)53-5)44-36(26-29)45-41(30-16-10-7-11-17-30,31-18-12-8-13-19-31)32-20-14-9-15-21-32/h7-21,25,27,43H,6,22-24,26,28H2,1-5H3,(H,42,49)(H,44,45)(H,46,50). The second-order valence-corrected chi connectivity index (χ2v) is 16.6. The van der Waals surface area contributed by atoms with Crippen molar-refractivity contribution in [1.29, 1.82) is 0 Å². The zero-order valence-corrected chi connectivity index (χ0v) is 34.2. The Balaban J connectivity index is 1.57. The average Bonchev–Trinajstić information content (AvgIpc) is 3.48. The Kier molecular flexibility index (Phi) is 14.2. The second kappa shape index (κ2) is 19.1. The number of carbonyl (C=O) groups excluding carboxylic acids is 3. The van der Waals surface area contributed by atoms with Crippen molar-refractivity contribution in [2.75, 3.05) is 32.1 Å².